The zero-order valence-electron chi connectivity index (χ0n) is 15.4. The molecule has 27 heavy (non-hydrogen) atoms. The van der Waals surface area contributed by atoms with Gasteiger partial charge in [0, 0.05) is 40.6 Å². The first-order valence-electron chi connectivity index (χ1n) is 8.73. The molecular weight excluding hydrogens is 350 g/mol. The van der Waals surface area contributed by atoms with Crippen LogP contribution < -0.4 is 5.32 Å². The number of nitro benzene ring substituents is 1. The molecule has 0 spiro atoms. The van der Waals surface area contributed by atoms with E-state index in [0.29, 0.717) is 17.0 Å². The van der Waals surface area contributed by atoms with E-state index in [4.69, 9.17) is 4.74 Å². The molecule has 1 amide bonds. The fraction of sp³-hybridized carbons (Fsp3) is 0.421. The van der Waals surface area contributed by atoms with E-state index in [1.54, 1.807) is 32.0 Å². The van der Waals surface area contributed by atoms with E-state index >= 15 is 0 Å². The molecule has 8 nitrogen and oxygen atoms in total. The zero-order valence-corrected chi connectivity index (χ0v) is 15.4. The lowest BCUT2D eigenvalue weighted by molar-refractivity contribution is -0.385. The number of carbonyl (C=O) groups excluding carboxylic acids is 2. The van der Waals surface area contributed by atoms with E-state index in [9.17, 15) is 19.7 Å². The van der Waals surface area contributed by atoms with Crippen molar-refractivity contribution in [2.75, 3.05) is 7.11 Å². The summed E-state index contributed by atoms with van der Waals surface area (Å²) in [4.78, 5) is 40.9. The first-order chi connectivity index (χ1) is 12.8. The molecule has 1 N–H and O–H groups in total. The van der Waals surface area contributed by atoms with Crippen LogP contribution in [0.3, 0.4) is 0 Å². The van der Waals surface area contributed by atoms with Gasteiger partial charge in [0.1, 0.15) is 5.92 Å². The summed E-state index contributed by atoms with van der Waals surface area (Å²) in [5.74, 6) is -2.66. The molecule has 0 radical (unpaired) electrons. The van der Waals surface area contributed by atoms with Gasteiger partial charge in [-0.25, -0.2) is 0 Å². The van der Waals surface area contributed by atoms with Crippen LogP contribution in [0.5, 0.6) is 0 Å². The number of nitrogens with zero attached hydrogens (tertiary/aromatic N) is 2. The highest BCUT2D eigenvalue weighted by atomic mass is 16.6. The molecule has 1 aromatic carbocycles. The average molecular weight is 371 g/mol. The molecule has 0 aromatic heterocycles. The maximum absolute atomic E-state index is 12.9. The largest absolute Gasteiger partial charge is 0.468 e. The number of allylic oxidation sites excluding steroid dienone is 1. The number of para-hydroxylation sites is 1. The Morgan fingerprint density at radius 2 is 1.93 bits per heavy atom. The van der Waals surface area contributed by atoms with E-state index in [2.05, 4.69) is 10.3 Å². The topological polar surface area (TPSA) is 111 Å². The SMILES string of the molecule is COC(=O)C1C(C)=NC(C)=C(C(=O)NC2CC2)C1c1ccccc1[N+](=O)[O-]. The van der Waals surface area contributed by atoms with Crippen LogP contribution in [0.25, 0.3) is 0 Å². The van der Waals surface area contributed by atoms with Crippen molar-refractivity contribution in [2.24, 2.45) is 10.9 Å². The molecule has 1 aromatic rings. The summed E-state index contributed by atoms with van der Waals surface area (Å²) in [5, 5.41) is 14.5. The van der Waals surface area contributed by atoms with Crippen LogP contribution in [-0.2, 0) is 14.3 Å². The Hall–Kier alpha value is -3.03. The lowest BCUT2D eigenvalue weighted by atomic mass is 9.74. The van der Waals surface area contributed by atoms with Crippen LogP contribution in [0.2, 0.25) is 0 Å². The second kappa shape index (κ2) is 7.30. The number of methoxy groups -OCH3 is 1. The molecular formula is C19H21N3O5. The van der Waals surface area contributed by atoms with Crippen molar-refractivity contribution in [3.05, 3.63) is 51.2 Å². The normalized spacial score (nSPS) is 22.1. The van der Waals surface area contributed by atoms with Crippen molar-refractivity contribution in [1.82, 2.24) is 5.32 Å². The van der Waals surface area contributed by atoms with E-state index in [1.807, 2.05) is 0 Å². The third kappa shape index (κ3) is 3.60. The number of rotatable bonds is 5. The predicted octanol–water partition coefficient (Wildman–Crippen LogP) is 2.49. The van der Waals surface area contributed by atoms with Gasteiger partial charge in [-0.3, -0.25) is 24.7 Å². The maximum Gasteiger partial charge on any atom is 0.315 e. The Kier molecular flexibility index (Phi) is 5.07. The maximum atomic E-state index is 12.9. The van der Waals surface area contributed by atoms with Gasteiger partial charge in [-0.1, -0.05) is 18.2 Å². The van der Waals surface area contributed by atoms with Crippen molar-refractivity contribution in [2.45, 2.75) is 38.6 Å². The van der Waals surface area contributed by atoms with E-state index in [0.717, 1.165) is 12.8 Å². The minimum Gasteiger partial charge on any atom is -0.468 e. The van der Waals surface area contributed by atoms with Crippen molar-refractivity contribution in [3.8, 4) is 0 Å². The molecule has 1 fully saturated rings. The molecule has 0 saturated heterocycles. The molecule has 8 heteroatoms. The number of amides is 1. The number of carbonyl (C=O) groups is 2. The lowest BCUT2D eigenvalue weighted by Crippen LogP contribution is -2.39. The number of nitrogens with one attached hydrogen (secondary N) is 1. The van der Waals surface area contributed by atoms with E-state index in [1.165, 1.54) is 13.2 Å². The fourth-order valence-electron chi connectivity index (χ4n) is 3.51. The van der Waals surface area contributed by atoms with Crippen LogP contribution in [0.1, 0.15) is 38.2 Å². The zero-order chi connectivity index (χ0) is 19.7. The van der Waals surface area contributed by atoms with Gasteiger partial charge >= 0.3 is 5.97 Å². The number of ether oxygens (including phenoxy) is 1. The second-order valence-electron chi connectivity index (χ2n) is 6.79. The van der Waals surface area contributed by atoms with Crippen molar-refractivity contribution in [1.29, 1.82) is 0 Å². The summed E-state index contributed by atoms with van der Waals surface area (Å²) < 4.78 is 4.93. The van der Waals surface area contributed by atoms with Gasteiger partial charge in [0.25, 0.3) is 5.69 Å². The first-order valence-corrected chi connectivity index (χ1v) is 8.73. The van der Waals surface area contributed by atoms with Crippen LogP contribution >= 0.6 is 0 Å². The van der Waals surface area contributed by atoms with Crippen molar-refractivity contribution in [3.63, 3.8) is 0 Å². The molecule has 1 aliphatic heterocycles. The molecule has 0 bridgehead atoms. The first kappa shape index (κ1) is 18.8. The third-order valence-electron chi connectivity index (χ3n) is 4.91. The van der Waals surface area contributed by atoms with Crippen LogP contribution in [-0.4, -0.2) is 35.7 Å². The fourth-order valence-corrected chi connectivity index (χ4v) is 3.51. The van der Waals surface area contributed by atoms with Gasteiger partial charge in [0.15, 0.2) is 0 Å². The smallest absolute Gasteiger partial charge is 0.315 e. The summed E-state index contributed by atoms with van der Waals surface area (Å²) in [6.07, 6.45) is 1.80. The summed E-state index contributed by atoms with van der Waals surface area (Å²) in [6.45, 7) is 3.35. The van der Waals surface area contributed by atoms with Crippen LogP contribution in [0.4, 0.5) is 5.69 Å². The Bertz CT molecular complexity index is 870. The quantitative estimate of drug-likeness (QED) is 0.486. The summed E-state index contributed by atoms with van der Waals surface area (Å²) in [5.41, 5.74) is 1.35. The van der Waals surface area contributed by atoms with Gasteiger partial charge in [0.05, 0.1) is 12.0 Å². The summed E-state index contributed by atoms with van der Waals surface area (Å²) >= 11 is 0. The minimum absolute atomic E-state index is 0.104. The Balaban J connectivity index is 2.18. The number of aliphatic imine (C=N–C) groups is 1. The van der Waals surface area contributed by atoms with Gasteiger partial charge in [-0.2, -0.15) is 0 Å². The molecule has 3 rings (SSSR count). The standard InChI is InChI=1S/C19H21N3O5/c1-10-15(18(23)21-12-8-9-12)17(16(11(2)20-10)19(24)27-3)13-6-4-5-7-14(13)22(25)26/h4-7,12,16-17H,8-9H2,1-3H3,(H,21,23). The Labute approximate surface area is 156 Å². The minimum atomic E-state index is -0.903. The number of nitro groups is 1. The summed E-state index contributed by atoms with van der Waals surface area (Å²) in [7, 11) is 1.25. The highest BCUT2D eigenvalue weighted by Gasteiger charge is 2.44. The van der Waals surface area contributed by atoms with E-state index < -0.39 is 22.7 Å². The van der Waals surface area contributed by atoms with Gasteiger partial charge in [-0.15, -0.1) is 0 Å². The van der Waals surface area contributed by atoms with Crippen molar-refractivity contribution >= 4 is 23.3 Å². The van der Waals surface area contributed by atoms with Gasteiger partial charge in [0.2, 0.25) is 5.91 Å². The number of hydrogen-bond donors (Lipinski definition) is 1. The van der Waals surface area contributed by atoms with E-state index in [-0.39, 0.29) is 23.2 Å². The van der Waals surface area contributed by atoms with Crippen LogP contribution in [0, 0.1) is 16.0 Å². The molecule has 2 unspecified atom stereocenters. The Morgan fingerprint density at radius 1 is 1.26 bits per heavy atom. The highest BCUT2D eigenvalue weighted by molar-refractivity contribution is 6.08. The predicted molar refractivity (Wildman–Crippen MR) is 98.3 cm³/mol. The molecule has 1 heterocycles. The number of esters is 1. The monoisotopic (exact) mass is 371 g/mol. The molecule has 1 aliphatic carbocycles. The lowest BCUT2D eigenvalue weighted by Gasteiger charge is -2.31. The highest BCUT2D eigenvalue weighted by Crippen LogP contribution is 2.43. The molecule has 2 atom stereocenters. The summed E-state index contributed by atoms with van der Waals surface area (Å²) in [6, 6.07) is 6.27. The molecule has 142 valence electrons. The molecule has 1 saturated carbocycles. The third-order valence-corrected chi connectivity index (χ3v) is 4.91. The average Bonchev–Trinajstić information content (AvgIpc) is 3.44. The Morgan fingerprint density at radius 3 is 2.52 bits per heavy atom. The van der Waals surface area contributed by atoms with Crippen molar-refractivity contribution < 1.29 is 19.2 Å². The molecule has 2 aliphatic rings. The van der Waals surface area contributed by atoms with Crippen LogP contribution in [0.15, 0.2) is 40.5 Å². The van der Waals surface area contributed by atoms with Gasteiger partial charge < -0.3 is 10.1 Å². The van der Waals surface area contributed by atoms with Gasteiger partial charge in [-0.05, 0) is 26.7 Å². The number of hydrogen-bond acceptors (Lipinski definition) is 6. The number of benzene rings is 1. The second-order valence-corrected chi connectivity index (χ2v) is 6.79.